The molecule has 1 aromatic heterocycles. The van der Waals surface area contributed by atoms with Gasteiger partial charge in [-0.05, 0) is 24.3 Å². The molecule has 2 N–H and O–H groups in total. The molecule has 0 atom stereocenters. The van der Waals surface area contributed by atoms with Crippen molar-refractivity contribution < 1.29 is 18.9 Å². The van der Waals surface area contributed by atoms with Gasteiger partial charge in [-0.3, -0.25) is 5.32 Å². The van der Waals surface area contributed by atoms with Crippen LogP contribution in [0.3, 0.4) is 0 Å². The maximum atomic E-state index is 12.4. The van der Waals surface area contributed by atoms with E-state index in [1.54, 1.807) is 56.6 Å². The molecule has 0 saturated heterocycles. The van der Waals surface area contributed by atoms with Crippen molar-refractivity contribution in [2.24, 2.45) is 0 Å². The van der Waals surface area contributed by atoms with Gasteiger partial charge in [0, 0.05) is 17.5 Å². The van der Waals surface area contributed by atoms with Gasteiger partial charge in [0.25, 0.3) is 0 Å². The third-order valence-electron chi connectivity index (χ3n) is 4.13. The SMILES string of the molecule is C[N+](C)([O-])CCCOc1ccc(Cl)cc1NC(=O)Nc1c[n+]([O-])c2ccccc2n1. The molecule has 0 aliphatic rings. The zero-order valence-electron chi connectivity index (χ0n) is 16.6. The minimum absolute atomic E-state index is 0.0983. The van der Waals surface area contributed by atoms with E-state index in [0.29, 0.717) is 51.8 Å². The van der Waals surface area contributed by atoms with Crippen LogP contribution < -0.4 is 20.1 Å². The molecule has 0 spiro atoms. The molecule has 0 radical (unpaired) electrons. The molecular formula is C20H22ClN5O4. The number of nitrogens with one attached hydrogen (secondary N) is 2. The summed E-state index contributed by atoms with van der Waals surface area (Å²) in [5.74, 6) is 0.511. The third-order valence-corrected chi connectivity index (χ3v) is 4.36. The largest absolute Gasteiger partial charge is 0.633 e. The number of halogens is 1. The van der Waals surface area contributed by atoms with Gasteiger partial charge in [0.15, 0.2) is 0 Å². The number of carbonyl (C=O) groups is 1. The highest BCUT2D eigenvalue weighted by atomic mass is 35.5. The van der Waals surface area contributed by atoms with Gasteiger partial charge in [-0.1, -0.05) is 23.7 Å². The predicted molar refractivity (Wildman–Crippen MR) is 115 cm³/mol. The number of hydrogen-bond donors (Lipinski definition) is 2. The van der Waals surface area contributed by atoms with Crippen LogP contribution in [0, 0.1) is 10.4 Å². The molecule has 2 aromatic carbocycles. The van der Waals surface area contributed by atoms with Crippen LogP contribution in [0.1, 0.15) is 6.42 Å². The Balaban J connectivity index is 1.68. The van der Waals surface area contributed by atoms with Crippen LogP contribution in [0.2, 0.25) is 5.02 Å². The molecule has 30 heavy (non-hydrogen) atoms. The summed E-state index contributed by atoms with van der Waals surface area (Å²) in [4.78, 5) is 16.7. The lowest BCUT2D eigenvalue weighted by atomic mass is 10.3. The van der Waals surface area contributed by atoms with Crippen molar-refractivity contribution in [3.05, 3.63) is 64.1 Å². The number of rotatable bonds is 7. The molecule has 158 valence electrons. The predicted octanol–water partition coefficient (Wildman–Crippen LogP) is 3.51. The van der Waals surface area contributed by atoms with Crippen LogP contribution in [-0.2, 0) is 0 Å². The number of hydroxylamine groups is 3. The molecule has 3 aromatic rings. The summed E-state index contributed by atoms with van der Waals surface area (Å²) in [6, 6.07) is 11.0. The fraction of sp³-hybridized carbons (Fsp3) is 0.250. The van der Waals surface area contributed by atoms with Gasteiger partial charge >= 0.3 is 6.03 Å². The number of amides is 2. The first-order chi connectivity index (χ1) is 14.2. The first-order valence-electron chi connectivity index (χ1n) is 9.24. The Kier molecular flexibility index (Phi) is 6.56. The molecule has 0 saturated carbocycles. The second kappa shape index (κ2) is 9.12. The monoisotopic (exact) mass is 431 g/mol. The number of carbonyl (C=O) groups excluding carboxylic acids is 1. The standard InChI is InChI=1S/C20H22ClN5O4/c1-26(2,29)10-5-11-30-18-9-8-14(21)12-16(18)23-20(27)24-19-13-25(28)17-7-4-3-6-15(17)22-19/h3-4,6-9,12-13H,5,10-11H2,1-2H3,(H2,22,23,24,27). The molecular weight excluding hydrogens is 410 g/mol. The first kappa shape index (κ1) is 21.6. The molecule has 0 aliphatic carbocycles. The Labute approximate surface area is 178 Å². The van der Waals surface area contributed by atoms with Crippen molar-refractivity contribution in [3.63, 3.8) is 0 Å². The number of hydrogen-bond acceptors (Lipinski definition) is 5. The molecule has 10 heteroatoms. The number of urea groups is 1. The Morgan fingerprint density at radius 3 is 2.77 bits per heavy atom. The van der Waals surface area contributed by atoms with Crippen molar-refractivity contribution in [2.75, 3.05) is 37.9 Å². The summed E-state index contributed by atoms with van der Waals surface area (Å²) in [6.45, 7) is 0.712. The van der Waals surface area contributed by atoms with E-state index in [1.165, 1.54) is 6.20 Å². The van der Waals surface area contributed by atoms with Crippen LogP contribution in [0.5, 0.6) is 5.75 Å². The number of quaternary nitrogens is 1. The lowest BCUT2D eigenvalue weighted by Crippen LogP contribution is -2.33. The van der Waals surface area contributed by atoms with E-state index in [0.717, 1.165) is 0 Å². The van der Waals surface area contributed by atoms with Gasteiger partial charge in [0.2, 0.25) is 17.5 Å². The lowest BCUT2D eigenvalue weighted by molar-refractivity contribution is -0.840. The average Bonchev–Trinajstić information content (AvgIpc) is 2.66. The summed E-state index contributed by atoms with van der Waals surface area (Å²) in [6.07, 6.45) is 1.73. The van der Waals surface area contributed by atoms with Gasteiger partial charge in [0.1, 0.15) is 11.3 Å². The highest BCUT2D eigenvalue weighted by Crippen LogP contribution is 2.28. The Morgan fingerprint density at radius 2 is 2.00 bits per heavy atom. The van der Waals surface area contributed by atoms with E-state index in [1.807, 2.05) is 0 Å². The molecule has 0 bridgehead atoms. The third kappa shape index (κ3) is 5.93. The van der Waals surface area contributed by atoms with Crippen molar-refractivity contribution >= 4 is 40.2 Å². The Morgan fingerprint density at radius 1 is 1.23 bits per heavy atom. The quantitative estimate of drug-likeness (QED) is 0.195. The second-order valence-corrected chi connectivity index (χ2v) is 7.60. The molecule has 1 heterocycles. The van der Waals surface area contributed by atoms with Gasteiger partial charge in [-0.15, -0.1) is 0 Å². The number of para-hydroxylation sites is 2. The molecule has 0 unspecified atom stereocenters. The summed E-state index contributed by atoms with van der Waals surface area (Å²) in [5, 5.41) is 29.3. The lowest BCUT2D eigenvalue weighted by Gasteiger charge is -2.33. The Bertz CT molecular complexity index is 1060. The van der Waals surface area contributed by atoms with E-state index in [-0.39, 0.29) is 5.82 Å². The van der Waals surface area contributed by atoms with E-state index in [9.17, 15) is 15.2 Å². The minimum atomic E-state index is -0.609. The van der Waals surface area contributed by atoms with Gasteiger partial charge in [-0.25, -0.2) is 9.78 Å². The number of fused-ring (bicyclic) bond motifs is 1. The first-order valence-corrected chi connectivity index (χ1v) is 9.62. The molecule has 0 aliphatic heterocycles. The number of benzene rings is 2. The number of ether oxygens (including phenoxy) is 1. The summed E-state index contributed by atoms with van der Waals surface area (Å²) >= 11 is 6.04. The smallest absolute Gasteiger partial charge is 0.325 e. The van der Waals surface area contributed by atoms with Crippen LogP contribution in [-0.4, -0.2) is 42.9 Å². The van der Waals surface area contributed by atoms with Crippen molar-refractivity contribution in [1.82, 2.24) is 4.98 Å². The highest BCUT2D eigenvalue weighted by molar-refractivity contribution is 6.31. The fourth-order valence-electron chi connectivity index (χ4n) is 2.77. The average molecular weight is 432 g/mol. The maximum absolute atomic E-state index is 12.4. The highest BCUT2D eigenvalue weighted by Gasteiger charge is 2.13. The van der Waals surface area contributed by atoms with Gasteiger partial charge < -0.3 is 25.1 Å². The molecule has 2 amide bonds. The van der Waals surface area contributed by atoms with Crippen molar-refractivity contribution in [1.29, 1.82) is 0 Å². The number of anilines is 2. The van der Waals surface area contributed by atoms with Gasteiger partial charge in [-0.2, -0.15) is 4.73 Å². The number of aromatic nitrogens is 2. The normalized spacial score (nSPS) is 11.3. The van der Waals surface area contributed by atoms with Crippen molar-refractivity contribution in [2.45, 2.75) is 6.42 Å². The molecule has 9 nitrogen and oxygen atoms in total. The van der Waals surface area contributed by atoms with E-state index < -0.39 is 10.7 Å². The maximum Gasteiger partial charge on any atom is 0.325 e. The number of nitrogens with zero attached hydrogens (tertiary/aromatic N) is 3. The molecule has 0 fully saturated rings. The Hall–Kier alpha value is -3.14. The second-order valence-electron chi connectivity index (χ2n) is 7.16. The zero-order chi connectivity index (χ0) is 21.7. The van der Waals surface area contributed by atoms with Crippen LogP contribution in [0.25, 0.3) is 11.0 Å². The van der Waals surface area contributed by atoms with Gasteiger partial charge in [0.05, 0.1) is 32.9 Å². The topological polar surface area (TPSA) is 113 Å². The summed E-state index contributed by atoms with van der Waals surface area (Å²) < 4.78 is 5.93. The van der Waals surface area contributed by atoms with E-state index in [4.69, 9.17) is 16.3 Å². The molecule has 3 rings (SSSR count). The van der Waals surface area contributed by atoms with E-state index in [2.05, 4.69) is 15.6 Å². The summed E-state index contributed by atoms with van der Waals surface area (Å²) in [7, 11) is 3.12. The van der Waals surface area contributed by atoms with Crippen LogP contribution in [0.4, 0.5) is 16.3 Å². The van der Waals surface area contributed by atoms with Crippen molar-refractivity contribution in [3.8, 4) is 5.75 Å². The fourth-order valence-corrected chi connectivity index (χ4v) is 2.94. The van der Waals surface area contributed by atoms with Crippen LogP contribution >= 0.6 is 11.6 Å². The summed E-state index contributed by atoms with van der Waals surface area (Å²) in [5.41, 5.74) is 1.21. The van der Waals surface area contributed by atoms with Crippen LogP contribution in [0.15, 0.2) is 48.7 Å². The zero-order valence-corrected chi connectivity index (χ0v) is 17.3. The minimum Gasteiger partial charge on any atom is -0.633 e. The van der Waals surface area contributed by atoms with E-state index >= 15 is 0 Å².